The van der Waals surface area contributed by atoms with E-state index in [0.29, 0.717) is 22.1 Å². The molecule has 0 amide bonds. The van der Waals surface area contributed by atoms with E-state index in [0.717, 1.165) is 0 Å². The van der Waals surface area contributed by atoms with E-state index in [9.17, 15) is 8.42 Å². The Balaban J connectivity index is 2.02. The second-order valence-corrected chi connectivity index (χ2v) is 6.96. The van der Waals surface area contributed by atoms with Gasteiger partial charge in [-0.05, 0) is 19.1 Å². The second-order valence-electron chi connectivity index (χ2n) is 4.74. The van der Waals surface area contributed by atoms with Crippen LogP contribution in [0.3, 0.4) is 0 Å². The molecule has 0 fully saturated rings. The molecule has 8 heteroatoms. The Hall–Kier alpha value is -1.86. The van der Waals surface area contributed by atoms with Gasteiger partial charge in [-0.15, -0.1) is 0 Å². The summed E-state index contributed by atoms with van der Waals surface area (Å²) in [5.41, 5.74) is 1.82. The van der Waals surface area contributed by atoms with Crippen LogP contribution in [0, 0.1) is 6.92 Å². The van der Waals surface area contributed by atoms with Gasteiger partial charge in [-0.2, -0.15) is 5.10 Å². The summed E-state index contributed by atoms with van der Waals surface area (Å²) >= 11 is 6.16. The highest BCUT2D eigenvalue weighted by molar-refractivity contribution is 7.89. The lowest BCUT2D eigenvalue weighted by atomic mass is 10.2. The zero-order valence-electron chi connectivity index (χ0n) is 11.5. The van der Waals surface area contributed by atoms with E-state index >= 15 is 0 Å². The molecule has 0 spiro atoms. The average Bonchev–Trinajstić information content (AvgIpc) is 2.68. The number of hydrogen-bond acceptors (Lipinski definition) is 4. The van der Waals surface area contributed by atoms with Crippen molar-refractivity contribution >= 4 is 33.7 Å². The number of hydrogen-bond donors (Lipinski definition) is 0. The van der Waals surface area contributed by atoms with Gasteiger partial charge in [0.15, 0.2) is 0 Å². The quantitative estimate of drug-likeness (QED) is 0.850. The van der Waals surface area contributed by atoms with Crippen LogP contribution in [0.15, 0.2) is 34.2 Å². The second kappa shape index (κ2) is 4.85. The van der Waals surface area contributed by atoms with E-state index in [1.54, 1.807) is 38.2 Å². The molecule has 2 heterocycles. The first-order valence-corrected chi connectivity index (χ1v) is 8.06. The summed E-state index contributed by atoms with van der Waals surface area (Å²) in [5.74, 6) is 0. The fraction of sp³-hybridized carbons (Fsp3) is 0.231. The number of sulfonamides is 1. The highest BCUT2D eigenvalue weighted by atomic mass is 35.5. The number of nitrogens with zero attached hydrogens (tertiary/aromatic N) is 4. The summed E-state index contributed by atoms with van der Waals surface area (Å²) < 4.78 is 27.9. The van der Waals surface area contributed by atoms with Crippen molar-refractivity contribution in [3.63, 3.8) is 0 Å². The maximum absolute atomic E-state index is 12.6. The summed E-state index contributed by atoms with van der Waals surface area (Å²) in [6.07, 6.45) is 1.32. The maximum atomic E-state index is 12.6. The molecular formula is C13H13ClN4O2S. The topological polar surface area (TPSA) is 67.6 Å². The Morgan fingerprint density at radius 3 is 2.67 bits per heavy atom. The molecule has 2 aromatic rings. The molecule has 6 nitrogen and oxygen atoms in total. The third kappa shape index (κ3) is 2.22. The summed E-state index contributed by atoms with van der Waals surface area (Å²) in [5, 5.41) is 4.61. The molecule has 0 saturated carbocycles. The Kier molecular flexibility index (Phi) is 3.26. The molecular weight excluding hydrogens is 312 g/mol. The van der Waals surface area contributed by atoms with Crippen molar-refractivity contribution in [2.75, 3.05) is 0 Å². The molecule has 110 valence electrons. The smallest absolute Gasteiger partial charge is 0.256 e. The van der Waals surface area contributed by atoms with E-state index in [4.69, 9.17) is 11.6 Å². The minimum absolute atomic E-state index is 0.110. The molecule has 21 heavy (non-hydrogen) atoms. The first-order valence-electron chi connectivity index (χ1n) is 6.24. The van der Waals surface area contributed by atoms with Crippen LogP contribution in [-0.4, -0.2) is 28.8 Å². The molecule has 0 N–H and O–H groups in total. The summed E-state index contributed by atoms with van der Waals surface area (Å²) in [7, 11) is -1.90. The van der Waals surface area contributed by atoms with Gasteiger partial charge in [-0.25, -0.2) is 13.4 Å². The van der Waals surface area contributed by atoms with E-state index in [-0.39, 0.29) is 11.4 Å². The number of aliphatic imine (C=N–C) groups is 1. The Labute approximate surface area is 127 Å². The van der Waals surface area contributed by atoms with Crippen LogP contribution in [0.2, 0.25) is 5.15 Å². The van der Waals surface area contributed by atoms with Crippen LogP contribution in [0.1, 0.15) is 11.3 Å². The predicted octanol–water partition coefficient (Wildman–Crippen LogP) is 2.25. The van der Waals surface area contributed by atoms with Crippen molar-refractivity contribution in [3.8, 4) is 0 Å². The molecule has 0 aliphatic carbocycles. The van der Waals surface area contributed by atoms with Gasteiger partial charge < -0.3 is 0 Å². The fourth-order valence-corrected chi connectivity index (χ4v) is 3.82. The van der Waals surface area contributed by atoms with Crippen molar-refractivity contribution in [1.82, 2.24) is 14.1 Å². The third-order valence-corrected chi connectivity index (χ3v) is 5.58. The van der Waals surface area contributed by atoms with E-state index in [1.165, 1.54) is 15.3 Å². The normalized spacial score (nSPS) is 16.0. The monoisotopic (exact) mass is 324 g/mol. The van der Waals surface area contributed by atoms with Gasteiger partial charge in [0.05, 0.1) is 17.9 Å². The number of rotatable bonds is 2. The molecule has 0 bridgehead atoms. The molecule has 0 saturated heterocycles. The summed E-state index contributed by atoms with van der Waals surface area (Å²) in [6, 6.07) is 6.65. The molecule has 1 aliphatic rings. The van der Waals surface area contributed by atoms with Crippen molar-refractivity contribution in [3.05, 3.63) is 40.7 Å². The molecule has 1 aromatic carbocycles. The number of aryl methyl sites for hydroxylation is 2. The lowest BCUT2D eigenvalue weighted by Crippen LogP contribution is -2.31. The molecule has 0 unspecified atom stereocenters. The van der Waals surface area contributed by atoms with Crippen molar-refractivity contribution in [1.29, 1.82) is 0 Å². The van der Waals surface area contributed by atoms with Crippen molar-refractivity contribution < 1.29 is 8.42 Å². The molecule has 1 aliphatic heterocycles. The molecule has 0 radical (unpaired) electrons. The first kappa shape index (κ1) is 14.1. The Morgan fingerprint density at radius 2 is 2.00 bits per heavy atom. The lowest BCUT2D eigenvalue weighted by Gasteiger charge is -2.23. The fourth-order valence-electron chi connectivity index (χ4n) is 2.23. The zero-order chi connectivity index (χ0) is 15.2. The van der Waals surface area contributed by atoms with Gasteiger partial charge in [0.2, 0.25) is 0 Å². The van der Waals surface area contributed by atoms with Crippen molar-refractivity contribution in [2.24, 2.45) is 12.0 Å². The number of halogens is 1. The number of aromatic nitrogens is 2. The van der Waals surface area contributed by atoms with Crippen molar-refractivity contribution in [2.45, 2.75) is 18.4 Å². The molecule has 1 aromatic heterocycles. The third-order valence-electron chi connectivity index (χ3n) is 3.36. The van der Waals surface area contributed by atoms with Crippen LogP contribution in [0.25, 0.3) is 0 Å². The summed E-state index contributed by atoms with van der Waals surface area (Å²) in [4.78, 5) is 4.38. The SMILES string of the molecule is Cc1nn(C)c(Cl)c1CN1C=Nc2ccccc2S1(=O)=O. The van der Waals surface area contributed by atoms with Gasteiger partial charge in [0.25, 0.3) is 10.0 Å². The molecule has 0 atom stereocenters. The van der Waals surface area contributed by atoms with Gasteiger partial charge in [-0.1, -0.05) is 23.7 Å². The van der Waals surface area contributed by atoms with E-state index in [1.807, 2.05) is 0 Å². The zero-order valence-corrected chi connectivity index (χ0v) is 13.1. The van der Waals surface area contributed by atoms with Crippen LogP contribution in [0.5, 0.6) is 0 Å². The minimum Gasteiger partial charge on any atom is -0.256 e. The van der Waals surface area contributed by atoms with Gasteiger partial charge in [-0.3, -0.25) is 8.99 Å². The van der Waals surface area contributed by atoms with E-state index in [2.05, 4.69) is 10.1 Å². The predicted molar refractivity (Wildman–Crippen MR) is 80.3 cm³/mol. The Morgan fingerprint density at radius 1 is 1.29 bits per heavy atom. The van der Waals surface area contributed by atoms with Gasteiger partial charge in [0, 0.05) is 12.6 Å². The lowest BCUT2D eigenvalue weighted by molar-refractivity contribution is 0.521. The highest BCUT2D eigenvalue weighted by Crippen LogP contribution is 2.31. The average molecular weight is 325 g/mol. The largest absolute Gasteiger partial charge is 0.267 e. The maximum Gasteiger partial charge on any atom is 0.267 e. The molecule has 3 rings (SSSR count). The van der Waals surface area contributed by atoms with Gasteiger partial charge in [0.1, 0.15) is 16.4 Å². The van der Waals surface area contributed by atoms with Gasteiger partial charge >= 0.3 is 0 Å². The Bertz CT molecular complexity index is 842. The van der Waals surface area contributed by atoms with E-state index < -0.39 is 10.0 Å². The minimum atomic E-state index is -3.62. The number of para-hydroxylation sites is 1. The van der Waals surface area contributed by atoms with Crippen LogP contribution in [-0.2, 0) is 23.6 Å². The standard InChI is InChI=1S/C13H13ClN4O2S/c1-9-10(13(14)17(2)16-9)7-18-8-15-11-5-3-4-6-12(11)21(18,19)20/h3-6,8H,7H2,1-2H3. The number of fused-ring (bicyclic) bond motifs is 1. The van der Waals surface area contributed by atoms with Crippen LogP contribution in [0.4, 0.5) is 5.69 Å². The summed E-state index contributed by atoms with van der Waals surface area (Å²) in [6.45, 7) is 1.90. The number of benzene rings is 1. The van der Waals surface area contributed by atoms with Crippen LogP contribution < -0.4 is 0 Å². The van der Waals surface area contributed by atoms with Crippen LogP contribution >= 0.6 is 11.6 Å². The first-order chi connectivity index (χ1) is 9.91. The highest BCUT2D eigenvalue weighted by Gasteiger charge is 2.29.